The minimum atomic E-state index is -1.88. The highest BCUT2D eigenvalue weighted by atomic mass is 19.1. The standard InChI is InChI=1S/C26H28FN3O4/c1-5-26(33)19-9-22-23-17(11-30(22)24(31)18(19)12-34-25(26)32)15(7-6-14(3)28-4)16-8-13(2)20(27)10-21(16)29-23/h8-10,14,28,33H,5-7,11-12H2,1-4H3/t14-,26+/m1/s1. The number of benzene rings is 1. The van der Waals surface area contributed by atoms with Crippen LogP contribution in [0.2, 0.25) is 0 Å². The van der Waals surface area contributed by atoms with E-state index >= 15 is 0 Å². The molecule has 2 aliphatic rings. The quantitative estimate of drug-likeness (QED) is 0.440. The van der Waals surface area contributed by atoms with Crippen molar-refractivity contribution in [3.63, 3.8) is 0 Å². The number of halogens is 1. The van der Waals surface area contributed by atoms with Gasteiger partial charge in [0.15, 0.2) is 5.60 Å². The van der Waals surface area contributed by atoms with Crippen LogP contribution in [0.1, 0.15) is 54.5 Å². The minimum absolute atomic E-state index is 0.0807. The van der Waals surface area contributed by atoms with Gasteiger partial charge in [0.25, 0.3) is 5.56 Å². The van der Waals surface area contributed by atoms with E-state index in [0.29, 0.717) is 29.0 Å². The molecule has 2 N–H and O–H groups in total. The highest BCUT2D eigenvalue weighted by molar-refractivity contribution is 5.89. The number of fused-ring (bicyclic) bond motifs is 5. The molecule has 5 rings (SSSR count). The first-order valence-corrected chi connectivity index (χ1v) is 11.7. The van der Waals surface area contributed by atoms with Crippen molar-refractivity contribution in [2.24, 2.45) is 0 Å². The predicted octanol–water partition coefficient (Wildman–Crippen LogP) is 3.07. The minimum Gasteiger partial charge on any atom is -0.458 e. The lowest BCUT2D eigenvalue weighted by Crippen LogP contribution is -2.44. The Morgan fingerprint density at radius 1 is 1.29 bits per heavy atom. The summed E-state index contributed by atoms with van der Waals surface area (Å²) in [4.78, 5) is 30.6. The third-order valence-electron chi connectivity index (χ3n) is 7.41. The summed E-state index contributed by atoms with van der Waals surface area (Å²) in [5, 5.41) is 15.2. The third kappa shape index (κ3) is 3.20. The summed E-state index contributed by atoms with van der Waals surface area (Å²) in [6, 6.07) is 5.24. The Labute approximate surface area is 196 Å². The Morgan fingerprint density at radius 2 is 2.06 bits per heavy atom. The number of aromatic nitrogens is 2. The number of carbonyl (C=O) groups excluding carboxylic acids is 1. The average molecular weight is 466 g/mol. The first-order valence-electron chi connectivity index (χ1n) is 11.7. The van der Waals surface area contributed by atoms with E-state index < -0.39 is 11.6 Å². The number of esters is 1. The maximum Gasteiger partial charge on any atom is 0.343 e. The lowest BCUT2D eigenvalue weighted by molar-refractivity contribution is -0.172. The van der Waals surface area contributed by atoms with Gasteiger partial charge in [0.05, 0.1) is 29.0 Å². The second-order valence-electron chi connectivity index (χ2n) is 9.37. The zero-order valence-corrected chi connectivity index (χ0v) is 19.8. The van der Waals surface area contributed by atoms with Crippen molar-refractivity contribution in [3.8, 4) is 11.4 Å². The molecule has 0 fully saturated rings. The van der Waals surface area contributed by atoms with Gasteiger partial charge in [-0.2, -0.15) is 0 Å². The Kier molecular flexibility index (Phi) is 5.33. The van der Waals surface area contributed by atoms with Crippen LogP contribution in [-0.4, -0.2) is 33.7 Å². The molecule has 0 radical (unpaired) electrons. The Bertz CT molecular complexity index is 1410. The molecule has 178 valence electrons. The molecule has 0 bridgehead atoms. The Morgan fingerprint density at radius 3 is 2.76 bits per heavy atom. The Balaban J connectivity index is 1.77. The molecule has 0 aliphatic carbocycles. The molecule has 0 unspecified atom stereocenters. The lowest BCUT2D eigenvalue weighted by Gasteiger charge is -2.31. The normalized spacial score (nSPS) is 19.5. The van der Waals surface area contributed by atoms with Gasteiger partial charge in [-0.05, 0) is 63.4 Å². The molecule has 0 amide bonds. The van der Waals surface area contributed by atoms with Gasteiger partial charge in [0.2, 0.25) is 0 Å². The van der Waals surface area contributed by atoms with Crippen LogP contribution in [0.5, 0.6) is 0 Å². The average Bonchev–Trinajstić information content (AvgIpc) is 3.19. The van der Waals surface area contributed by atoms with Crippen molar-refractivity contribution >= 4 is 16.9 Å². The van der Waals surface area contributed by atoms with Crippen LogP contribution < -0.4 is 10.9 Å². The zero-order valence-electron chi connectivity index (χ0n) is 19.8. The van der Waals surface area contributed by atoms with Crippen molar-refractivity contribution < 1.29 is 19.0 Å². The fourth-order valence-corrected chi connectivity index (χ4v) is 5.08. The molecular weight excluding hydrogens is 437 g/mol. The first-order chi connectivity index (χ1) is 16.2. The van der Waals surface area contributed by atoms with Crippen LogP contribution in [0.15, 0.2) is 23.0 Å². The van der Waals surface area contributed by atoms with Gasteiger partial charge in [0, 0.05) is 28.6 Å². The van der Waals surface area contributed by atoms with Gasteiger partial charge >= 0.3 is 5.97 Å². The van der Waals surface area contributed by atoms with E-state index in [0.717, 1.165) is 29.4 Å². The molecule has 4 heterocycles. The van der Waals surface area contributed by atoms with E-state index in [4.69, 9.17) is 9.72 Å². The van der Waals surface area contributed by atoms with E-state index in [1.165, 1.54) is 6.07 Å². The summed E-state index contributed by atoms with van der Waals surface area (Å²) in [6.45, 7) is 5.67. The number of cyclic esters (lactones) is 1. The van der Waals surface area contributed by atoms with Crippen LogP contribution in [0.3, 0.4) is 0 Å². The number of hydrogen-bond donors (Lipinski definition) is 2. The highest BCUT2D eigenvalue weighted by Gasteiger charge is 2.45. The molecule has 34 heavy (non-hydrogen) atoms. The number of aliphatic hydroxyl groups is 1. The summed E-state index contributed by atoms with van der Waals surface area (Å²) in [5.74, 6) is -1.09. The van der Waals surface area contributed by atoms with Gasteiger partial charge in [-0.25, -0.2) is 14.2 Å². The van der Waals surface area contributed by atoms with Crippen LogP contribution in [-0.2, 0) is 34.7 Å². The summed E-state index contributed by atoms with van der Waals surface area (Å²) in [6.07, 6.45) is 1.67. The molecule has 2 atom stereocenters. The molecule has 8 heteroatoms. The van der Waals surface area contributed by atoms with Gasteiger partial charge in [-0.3, -0.25) is 4.79 Å². The number of nitrogens with zero attached hydrogens (tertiary/aromatic N) is 2. The molecule has 7 nitrogen and oxygen atoms in total. The SMILES string of the molecule is CC[C@@]1(O)C(=O)OCc2c1cc1n(c2=O)Cc2c-1nc1cc(F)c(C)cc1c2CC[C@@H](C)NC. The molecule has 0 saturated heterocycles. The lowest BCUT2D eigenvalue weighted by atomic mass is 9.86. The Hall–Kier alpha value is -3.10. The summed E-state index contributed by atoms with van der Waals surface area (Å²) in [7, 11) is 1.91. The molecular formula is C26H28FN3O4. The largest absolute Gasteiger partial charge is 0.458 e. The maximum absolute atomic E-state index is 14.5. The number of aryl methyl sites for hydroxylation is 2. The van der Waals surface area contributed by atoms with Crippen LogP contribution in [0, 0.1) is 12.7 Å². The predicted molar refractivity (Wildman–Crippen MR) is 126 cm³/mol. The number of hydrogen-bond acceptors (Lipinski definition) is 6. The number of rotatable bonds is 5. The van der Waals surface area contributed by atoms with Crippen molar-refractivity contribution in [1.29, 1.82) is 0 Å². The molecule has 2 aromatic heterocycles. The number of pyridine rings is 2. The first kappa shape index (κ1) is 22.7. The summed E-state index contributed by atoms with van der Waals surface area (Å²) in [5.41, 5.74) is 2.56. The van der Waals surface area contributed by atoms with E-state index in [-0.39, 0.29) is 41.6 Å². The van der Waals surface area contributed by atoms with Crippen molar-refractivity contribution in [2.45, 2.75) is 64.8 Å². The number of nitrogens with one attached hydrogen (secondary N) is 1. The molecule has 0 spiro atoms. The van der Waals surface area contributed by atoms with Gasteiger partial charge in [-0.15, -0.1) is 0 Å². The zero-order chi connectivity index (χ0) is 24.4. The van der Waals surface area contributed by atoms with Crippen LogP contribution in [0.4, 0.5) is 4.39 Å². The van der Waals surface area contributed by atoms with E-state index in [9.17, 15) is 19.1 Å². The second kappa shape index (κ2) is 7.99. The number of ether oxygens (including phenoxy) is 1. The highest BCUT2D eigenvalue weighted by Crippen LogP contribution is 2.40. The fraction of sp³-hybridized carbons (Fsp3) is 0.423. The molecule has 3 aromatic rings. The van der Waals surface area contributed by atoms with Gasteiger partial charge < -0.3 is 19.7 Å². The third-order valence-corrected chi connectivity index (χ3v) is 7.41. The fourth-order valence-electron chi connectivity index (χ4n) is 5.08. The summed E-state index contributed by atoms with van der Waals surface area (Å²) >= 11 is 0. The number of carbonyl (C=O) groups is 1. The van der Waals surface area contributed by atoms with E-state index in [1.807, 2.05) is 13.1 Å². The van der Waals surface area contributed by atoms with Crippen LogP contribution in [0.25, 0.3) is 22.3 Å². The van der Waals surface area contributed by atoms with Crippen LogP contribution >= 0.6 is 0 Å². The van der Waals surface area contributed by atoms with Gasteiger partial charge in [-0.1, -0.05) is 6.92 Å². The molecule has 1 aromatic carbocycles. The smallest absolute Gasteiger partial charge is 0.343 e. The summed E-state index contributed by atoms with van der Waals surface area (Å²) < 4.78 is 21.3. The monoisotopic (exact) mass is 465 g/mol. The van der Waals surface area contributed by atoms with Crippen molar-refractivity contribution in [3.05, 3.63) is 62.2 Å². The van der Waals surface area contributed by atoms with E-state index in [1.54, 1.807) is 24.5 Å². The maximum atomic E-state index is 14.5. The topological polar surface area (TPSA) is 93.5 Å². The molecule has 2 aliphatic heterocycles. The van der Waals surface area contributed by atoms with Gasteiger partial charge in [0.1, 0.15) is 12.4 Å². The van der Waals surface area contributed by atoms with Crippen molar-refractivity contribution in [2.75, 3.05) is 7.05 Å². The van der Waals surface area contributed by atoms with Crippen molar-refractivity contribution in [1.82, 2.24) is 14.9 Å². The second-order valence-corrected chi connectivity index (χ2v) is 9.37. The van der Waals surface area contributed by atoms with E-state index in [2.05, 4.69) is 12.2 Å². The molecule has 0 saturated carbocycles.